The number of rotatable bonds is 6. The highest BCUT2D eigenvalue weighted by Crippen LogP contribution is 2.50. The van der Waals surface area contributed by atoms with Crippen LogP contribution in [0.4, 0.5) is 14.5 Å². The van der Waals surface area contributed by atoms with Crippen molar-refractivity contribution in [1.29, 1.82) is 0 Å². The van der Waals surface area contributed by atoms with Crippen LogP contribution in [0, 0.1) is 11.6 Å². The van der Waals surface area contributed by atoms with Gasteiger partial charge in [-0.05, 0) is 56.4 Å². The normalized spacial score (nSPS) is 16.8. The molecule has 5 rings (SSSR count). The number of benzene rings is 2. The molecule has 0 radical (unpaired) electrons. The third kappa shape index (κ3) is 3.78. The highest BCUT2D eigenvalue weighted by atomic mass is 35.5. The van der Waals surface area contributed by atoms with Gasteiger partial charge in [-0.2, -0.15) is 5.10 Å². The van der Waals surface area contributed by atoms with Crippen LogP contribution >= 0.6 is 11.6 Å². The molecule has 2 aliphatic rings. The van der Waals surface area contributed by atoms with Crippen LogP contribution < -0.4 is 5.32 Å². The van der Waals surface area contributed by atoms with E-state index in [0.717, 1.165) is 31.4 Å². The summed E-state index contributed by atoms with van der Waals surface area (Å²) in [6.45, 7) is 0. The number of hydrogen-bond acceptors (Lipinski definition) is 3. The average molecular weight is 472 g/mol. The molecule has 2 aliphatic carbocycles. The summed E-state index contributed by atoms with van der Waals surface area (Å²) >= 11 is 5.81. The molecule has 0 unspecified atom stereocenters. The van der Waals surface area contributed by atoms with Gasteiger partial charge in [0.1, 0.15) is 11.6 Å². The Morgan fingerprint density at radius 3 is 2.52 bits per heavy atom. The third-order valence-corrected chi connectivity index (χ3v) is 6.78. The van der Waals surface area contributed by atoms with Gasteiger partial charge >= 0.3 is 5.97 Å². The van der Waals surface area contributed by atoms with Gasteiger partial charge in [-0.1, -0.05) is 17.7 Å². The number of aromatic nitrogens is 2. The number of aromatic carboxylic acids is 1. The molecule has 1 heterocycles. The smallest absolute Gasteiger partial charge is 0.336 e. The lowest BCUT2D eigenvalue weighted by atomic mass is 9.93. The first kappa shape index (κ1) is 21.6. The van der Waals surface area contributed by atoms with Gasteiger partial charge in [-0.25, -0.2) is 13.6 Å². The Hall–Kier alpha value is -3.26. The van der Waals surface area contributed by atoms with E-state index in [0.29, 0.717) is 18.4 Å². The highest BCUT2D eigenvalue weighted by Gasteiger charge is 2.52. The van der Waals surface area contributed by atoms with E-state index in [2.05, 4.69) is 10.4 Å². The van der Waals surface area contributed by atoms with E-state index in [1.54, 1.807) is 10.9 Å². The summed E-state index contributed by atoms with van der Waals surface area (Å²) < 4.78 is 31.3. The topological polar surface area (TPSA) is 84.2 Å². The van der Waals surface area contributed by atoms with Crippen LogP contribution in [0.5, 0.6) is 0 Å². The van der Waals surface area contributed by atoms with Crippen molar-refractivity contribution in [3.05, 3.63) is 70.5 Å². The zero-order valence-corrected chi connectivity index (χ0v) is 18.2. The molecule has 6 nitrogen and oxygen atoms in total. The van der Waals surface area contributed by atoms with E-state index in [4.69, 9.17) is 11.6 Å². The van der Waals surface area contributed by atoms with Gasteiger partial charge < -0.3 is 10.4 Å². The summed E-state index contributed by atoms with van der Waals surface area (Å²) in [4.78, 5) is 24.9. The Morgan fingerprint density at radius 1 is 1.15 bits per heavy atom. The van der Waals surface area contributed by atoms with Gasteiger partial charge in [0.05, 0.1) is 23.2 Å². The number of carbonyl (C=O) groups excluding carboxylic acids is 1. The number of carboxylic acid groups (broad SMARTS) is 1. The molecule has 0 spiro atoms. The van der Waals surface area contributed by atoms with Crippen LogP contribution in [0.25, 0.3) is 11.1 Å². The molecule has 0 atom stereocenters. The van der Waals surface area contributed by atoms with Crippen LogP contribution in [0.2, 0.25) is 5.02 Å². The summed E-state index contributed by atoms with van der Waals surface area (Å²) in [6.07, 6.45) is 7.00. The molecule has 33 heavy (non-hydrogen) atoms. The molecule has 1 amide bonds. The lowest BCUT2D eigenvalue weighted by Crippen LogP contribution is -2.29. The van der Waals surface area contributed by atoms with Crippen molar-refractivity contribution in [2.24, 2.45) is 0 Å². The second-order valence-corrected chi connectivity index (χ2v) is 9.08. The molecule has 2 N–H and O–H groups in total. The monoisotopic (exact) mass is 471 g/mol. The molecule has 1 aromatic heterocycles. The van der Waals surface area contributed by atoms with Crippen molar-refractivity contribution in [3.8, 4) is 11.1 Å². The molecular formula is C24H20ClF2N3O3. The fraction of sp³-hybridized carbons (Fsp3) is 0.292. The molecule has 2 fully saturated rings. The maximum absolute atomic E-state index is 15.1. The van der Waals surface area contributed by atoms with Crippen molar-refractivity contribution in [3.63, 3.8) is 0 Å². The Morgan fingerprint density at radius 2 is 1.91 bits per heavy atom. The highest BCUT2D eigenvalue weighted by molar-refractivity contribution is 6.30. The lowest BCUT2D eigenvalue weighted by Gasteiger charge is -2.25. The van der Waals surface area contributed by atoms with E-state index in [-0.39, 0.29) is 33.4 Å². The quantitative estimate of drug-likeness (QED) is 0.492. The van der Waals surface area contributed by atoms with E-state index >= 15 is 4.39 Å². The first-order valence-corrected chi connectivity index (χ1v) is 11.0. The second kappa shape index (κ2) is 7.95. The fourth-order valence-electron chi connectivity index (χ4n) is 4.33. The van der Waals surface area contributed by atoms with Gasteiger partial charge in [-0.15, -0.1) is 0 Å². The summed E-state index contributed by atoms with van der Waals surface area (Å²) in [5.74, 6) is -3.24. The van der Waals surface area contributed by atoms with E-state index in [1.165, 1.54) is 24.4 Å². The molecule has 0 bridgehead atoms. The fourth-order valence-corrected chi connectivity index (χ4v) is 4.49. The number of carboxylic acids is 1. The Kier molecular flexibility index (Phi) is 5.20. The van der Waals surface area contributed by atoms with E-state index in [9.17, 15) is 19.1 Å². The zero-order valence-electron chi connectivity index (χ0n) is 17.4. The minimum atomic E-state index is -1.33. The van der Waals surface area contributed by atoms with Crippen LogP contribution in [0.3, 0.4) is 0 Å². The average Bonchev–Trinajstić information content (AvgIpc) is 3.38. The van der Waals surface area contributed by atoms with Crippen LogP contribution in [-0.2, 0) is 10.2 Å². The Bertz CT molecular complexity index is 1280. The van der Waals surface area contributed by atoms with Crippen LogP contribution in [-0.4, -0.2) is 26.8 Å². The van der Waals surface area contributed by atoms with Gasteiger partial charge in [-0.3, -0.25) is 9.48 Å². The van der Waals surface area contributed by atoms with Crippen molar-refractivity contribution in [2.75, 3.05) is 5.32 Å². The molecule has 9 heteroatoms. The largest absolute Gasteiger partial charge is 0.478 e. The number of nitrogens with zero attached hydrogens (tertiary/aromatic N) is 2. The maximum Gasteiger partial charge on any atom is 0.336 e. The van der Waals surface area contributed by atoms with Crippen molar-refractivity contribution < 1.29 is 23.5 Å². The van der Waals surface area contributed by atoms with E-state index in [1.807, 2.05) is 0 Å². The SMILES string of the molecule is O=C(O)c1cc(NC(=O)C2(c3ccc(Cl)cc3F)CC2)cc(F)c1-c1cnn(C2CCC2)c1. The molecule has 2 aromatic carbocycles. The predicted octanol–water partition coefficient (Wildman–Crippen LogP) is 5.58. The first-order valence-electron chi connectivity index (χ1n) is 10.7. The third-order valence-electron chi connectivity index (χ3n) is 6.55. The number of hydrogen-bond donors (Lipinski definition) is 2. The zero-order chi connectivity index (χ0) is 23.3. The number of amides is 1. The van der Waals surface area contributed by atoms with Crippen molar-refractivity contribution >= 4 is 29.2 Å². The molecule has 2 saturated carbocycles. The molecule has 3 aromatic rings. The first-order chi connectivity index (χ1) is 15.8. The molecule has 170 valence electrons. The van der Waals surface area contributed by atoms with Crippen molar-refractivity contribution in [1.82, 2.24) is 9.78 Å². The van der Waals surface area contributed by atoms with Gasteiger partial charge in [0.25, 0.3) is 0 Å². The molecule has 0 aliphatic heterocycles. The summed E-state index contributed by atoms with van der Waals surface area (Å²) in [5.41, 5.74) is -0.903. The van der Waals surface area contributed by atoms with Gasteiger partial charge in [0.15, 0.2) is 0 Å². The number of nitrogens with one attached hydrogen (secondary N) is 1. The maximum atomic E-state index is 15.1. The van der Waals surface area contributed by atoms with Crippen LogP contribution in [0.1, 0.15) is 54.1 Å². The number of halogens is 3. The summed E-state index contributed by atoms with van der Waals surface area (Å²) in [6, 6.07) is 6.66. The van der Waals surface area contributed by atoms with E-state index < -0.39 is 28.9 Å². The Balaban J connectivity index is 1.45. The minimum absolute atomic E-state index is 0.00863. The van der Waals surface area contributed by atoms with Crippen molar-refractivity contribution in [2.45, 2.75) is 43.6 Å². The summed E-state index contributed by atoms with van der Waals surface area (Å²) in [7, 11) is 0. The lowest BCUT2D eigenvalue weighted by molar-refractivity contribution is -0.118. The second-order valence-electron chi connectivity index (χ2n) is 8.64. The number of anilines is 1. The Labute approximate surface area is 193 Å². The minimum Gasteiger partial charge on any atom is -0.478 e. The number of carbonyl (C=O) groups is 2. The van der Waals surface area contributed by atoms with Gasteiger partial charge in [0, 0.05) is 33.6 Å². The standard InChI is InChI=1S/C24H20ClF2N3O3/c25-14-4-5-18(19(26)8-14)24(6-7-24)23(33)29-15-9-17(22(31)32)21(20(27)10-15)13-11-28-30(12-13)16-2-1-3-16/h4-5,8-12,16H,1-3,6-7H2,(H,29,33)(H,31,32). The predicted molar refractivity (Wildman–Crippen MR) is 118 cm³/mol. The molecular weight excluding hydrogens is 452 g/mol. The van der Waals surface area contributed by atoms with Gasteiger partial charge in [0.2, 0.25) is 5.91 Å². The van der Waals surface area contributed by atoms with Crippen LogP contribution in [0.15, 0.2) is 42.7 Å². The summed E-state index contributed by atoms with van der Waals surface area (Å²) in [5, 5.41) is 16.8. The molecule has 0 saturated heterocycles.